The quantitative estimate of drug-likeness (QED) is 0.905. The molecule has 1 aliphatic heterocycles. The first kappa shape index (κ1) is 14.2. The fourth-order valence-corrected chi connectivity index (χ4v) is 2.67. The predicted molar refractivity (Wildman–Crippen MR) is 77.6 cm³/mol. The Hall–Kier alpha value is -1.19. The highest BCUT2D eigenvalue weighted by Crippen LogP contribution is 2.34. The van der Waals surface area contributed by atoms with Crippen LogP contribution in [0.3, 0.4) is 0 Å². The zero-order chi connectivity index (χ0) is 14.0. The van der Waals surface area contributed by atoms with Crippen molar-refractivity contribution in [2.45, 2.75) is 19.8 Å². The Morgan fingerprint density at radius 3 is 2.58 bits per heavy atom. The van der Waals surface area contributed by atoms with Gasteiger partial charge >= 0.3 is 0 Å². The summed E-state index contributed by atoms with van der Waals surface area (Å²) in [7, 11) is 0. The summed E-state index contributed by atoms with van der Waals surface area (Å²) in [5.41, 5.74) is 1.76. The molecule has 19 heavy (non-hydrogen) atoms. The molecule has 1 aliphatic rings. The number of hydrogen-bond donors (Lipinski definition) is 1. The van der Waals surface area contributed by atoms with Crippen molar-refractivity contribution in [3.8, 4) is 5.75 Å². The lowest BCUT2D eigenvalue weighted by Gasteiger charge is -2.30. The number of likely N-dealkylation sites (tertiary alicyclic amines) is 1. The van der Waals surface area contributed by atoms with Crippen LogP contribution >= 0.6 is 23.2 Å². The molecule has 1 fully saturated rings. The number of phenols is 1. The van der Waals surface area contributed by atoms with E-state index in [4.69, 9.17) is 23.2 Å². The number of benzene rings is 1. The Balaban J connectivity index is 2.35. The molecule has 1 saturated heterocycles. The summed E-state index contributed by atoms with van der Waals surface area (Å²) in [6.07, 6.45) is 2.93. The van der Waals surface area contributed by atoms with Crippen molar-refractivity contribution < 1.29 is 9.90 Å². The van der Waals surface area contributed by atoms with E-state index in [0.717, 1.165) is 24.4 Å². The molecule has 1 aromatic rings. The first-order valence-electron chi connectivity index (χ1n) is 6.16. The Labute approximate surface area is 122 Å². The summed E-state index contributed by atoms with van der Waals surface area (Å²) in [5.74, 6) is 0.129. The van der Waals surface area contributed by atoms with Gasteiger partial charge in [-0.25, -0.2) is 0 Å². The number of hydrogen-bond acceptors (Lipinski definition) is 3. The van der Waals surface area contributed by atoms with E-state index in [1.807, 2.05) is 6.08 Å². The Morgan fingerprint density at radius 2 is 2.00 bits per heavy atom. The molecule has 2 rings (SSSR count). The second-order valence-electron chi connectivity index (χ2n) is 4.51. The van der Waals surface area contributed by atoms with Gasteiger partial charge in [0.2, 0.25) is 0 Å². The lowest BCUT2D eigenvalue weighted by molar-refractivity contribution is -0.120. The van der Waals surface area contributed by atoms with Gasteiger partial charge in [-0.1, -0.05) is 23.2 Å². The lowest BCUT2D eigenvalue weighted by atomic mass is 10.0. The molecule has 1 N–H and O–H groups in total. The van der Waals surface area contributed by atoms with Crippen LogP contribution in [0.1, 0.15) is 25.3 Å². The van der Waals surface area contributed by atoms with E-state index >= 15 is 0 Å². The molecule has 0 radical (unpaired) electrons. The minimum absolute atomic E-state index is 0.113. The number of halogens is 2. The third-order valence-corrected chi connectivity index (χ3v) is 3.78. The number of rotatable bonds is 2. The molecule has 1 aromatic carbocycles. The molecular formula is C14H15Cl2NO2. The van der Waals surface area contributed by atoms with Gasteiger partial charge in [0.1, 0.15) is 5.78 Å². The van der Waals surface area contributed by atoms with Gasteiger partial charge < -0.3 is 10.0 Å². The zero-order valence-corrected chi connectivity index (χ0v) is 12.1. The molecule has 5 heteroatoms. The summed E-state index contributed by atoms with van der Waals surface area (Å²) in [5, 5.41) is 9.95. The maximum absolute atomic E-state index is 11.6. The molecule has 0 amide bonds. The van der Waals surface area contributed by atoms with Crippen molar-refractivity contribution in [1.29, 1.82) is 0 Å². The molecule has 0 unspecified atom stereocenters. The molecule has 0 aromatic heterocycles. The number of nitrogens with zero attached hydrogens (tertiary/aromatic N) is 1. The Kier molecular flexibility index (Phi) is 4.38. The van der Waals surface area contributed by atoms with Crippen LogP contribution in [-0.4, -0.2) is 28.9 Å². The van der Waals surface area contributed by atoms with Crippen LogP contribution in [0.15, 0.2) is 17.8 Å². The SMILES string of the molecule is CCN1CCC(=O)CC1=Cc1cc(Cl)c(O)c(Cl)c1. The predicted octanol–water partition coefficient (Wildman–Crippen LogP) is 3.72. The number of allylic oxidation sites excluding steroid dienone is 1. The molecule has 0 atom stereocenters. The van der Waals surface area contributed by atoms with Crippen LogP contribution in [0.4, 0.5) is 0 Å². The third kappa shape index (κ3) is 3.23. The highest BCUT2D eigenvalue weighted by atomic mass is 35.5. The number of carbonyl (C=O) groups excluding carboxylic acids is 1. The van der Waals surface area contributed by atoms with Gasteiger partial charge in [0.05, 0.1) is 10.0 Å². The van der Waals surface area contributed by atoms with Crippen LogP contribution in [0, 0.1) is 0 Å². The monoisotopic (exact) mass is 299 g/mol. The van der Waals surface area contributed by atoms with E-state index in [9.17, 15) is 9.90 Å². The Morgan fingerprint density at radius 1 is 1.37 bits per heavy atom. The second kappa shape index (κ2) is 5.85. The van der Waals surface area contributed by atoms with Gasteiger partial charge in [0.15, 0.2) is 5.75 Å². The first-order valence-corrected chi connectivity index (χ1v) is 6.92. The van der Waals surface area contributed by atoms with Gasteiger partial charge in [-0.15, -0.1) is 0 Å². The average Bonchev–Trinajstić information content (AvgIpc) is 2.36. The minimum atomic E-state index is -0.113. The van der Waals surface area contributed by atoms with E-state index in [1.54, 1.807) is 12.1 Å². The average molecular weight is 300 g/mol. The molecular weight excluding hydrogens is 285 g/mol. The summed E-state index contributed by atoms with van der Waals surface area (Å²) in [6.45, 7) is 3.67. The first-order chi connectivity index (χ1) is 9.01. The number of piperidine rings is 1. The van der Waals surface area contributed by atoms with Gasteiger partial charge in [-0.05, 0) is 30.7 Å². The molecule has 0 saturated carbocycles. The molecule has 102 valence electrons. The fourth-order valence-electron chi connectivity index (χ4n) is 2.17. The van der Waals surface area contributed by atoms with E-state index < -0.39 is 0 Å². The summed E-state index contributed by atoms with van der Waals surface area (Å²) < 4.78 is 0. The zero-order valence-electron chi connectivity index (χ0n) is 10.6. The Bertz CT molecular complexity index is 517. The standard InChI is InChI=1S/C14H15Cl2NO2/c1-2-17-4-3-11(18)8-10(17)5-9-6-12(15)14(19)13(16)7-9/h5-7,19H,2-4,8H2,1H3. The second-order valence-corrected chi connectivity index (χ2v) is 5.33. The number of ketones is 1. The van der Waals surface area contributed by atoms with Gasteiger partial charge in [0.25, 0.3) is 0 Å². The normalized spacial score (nSPS) is 18.2. The van der Waals surface area contributed by atoms with Gasteiger partial charge in [-0.2, -0.15) is 0 Å². The minimum Gasteiger partial charge on any atom is -0.505 e. The number of Topliss-reactive ketones (excluding diaryl/α,β-unsaturated/α-hetero) is 1. The van der Waals surface area contributed by atoms with Crippen molar-refractivity contribution in [1.82, 2.24) is 4.90 Å². The fraction of sp³-hybridized carbons (Fsp3) is 0.357. The van der Waals surface area contributed by atoms with Gasteiger partial charge in [-0.3, -0.25) is 4.79 Å². The van der Waals surface area contributed by atoms with Crippen LogP contribution < -0.4 is 0 Å². The molecule has 0 bridgehead atoms. The van der Waals surface area contributed by atoms with Crippen LogP contribution in [-0.2, 0) is 4.79 Å². The van der Waals surface area contributed by atoms with Gasteiger partial charge in [0, 0.05) is 31.6 Å². The molecule has 3 nitrogen and oxygen atoms in total. The van der Waals surface area contributed by atoms with Crippen molar-refractivity contribution in [2.75, 3.05) is 13.1 Å². The van der Waals surface area contributed by atoms with E-state index in [1.165, 1.54) is 0 Å². The summed E-state index contributed by atoms with van der Waals surface area (Å²) >= 11 is 11.8. The van der Waals surface area contributed by atoms with Crippen molar-refractivity contribution >= 4 is 35.1 Å². The number of carbonyl (C=O) groups is 1. The van der Waals surface area contributed by atoms with Crippen LogP contribution in [0.2, 0.25) is 10.0 Å². The number of aromatic hydroxyl groups is 1. The number of phenolic OH excluding ortho intramolecular Hbond substituents is 1. The maximum Gasteiger partial charge on any atom is 0.152 e. The molecule has 1 heterocycles. The molecule has 0 spiro atoms. The third-order valence-electron chi connectivity index (χ3n) is 3.20. The van der Waals surface area contributed by atoms with Crippen molar-refractivity contribution in [2.24, 2.45) is 0 Å². The smallest absolute Gasteiger partial charge is 0.152 e. The maximum atomic E-state index is 11.6. The summed E-state index contributed by atoms with van der Waals surface area (Å²) in [6, 6.07) is 3.28. The van der Waals surface area contributed by atoms with E-state index in [0.29, 0.717) is 12.8 Å². The molecule has 0 aliphatic carbocycles. The van der Waals surface area contributed by atoms with E-state index in [-0.39, 0.29) is 21.6 Å². The van der Waals surface area contributed by atoms with Crippen LogP contribution in [0.5, 0.6) is 5.75 Å². The van der Waals surface area contributed by atoms with Crippen molar-refractivity contribution in [3.63, 3.8) is 0 Å². The van der Waals surface area contributed by atoms with Crippen LogP contribution in [0.25, 0.3) is 6.08 Å². The van der Waals surface area contributed by atoms with Crippen molar-refractivity contribution in [3.05, 3.63) is 33.4 Å². The topological polar surface area (TPSA) is 40.5 Å². The highest BCUT2D eigenvalue weighted by Gasteiger charge is 2.19. The lowest BCUT2D eigenvalue weighted by Crippen LogP contribution is -2.31. The highest BCUT2D eigenvalue weighted by molar-refractivity contribution is 6.37. The summed E-state index contributed by atoms with van der Waals surface area (Å²) in [4.78, 5) is 13.7. The largest absolute Gasteiger partial charge is 0.505 e. The van der Waals surface area contributed by atoms with E-state index in [2.05, 4.69) is 11.8 Å².